The predicted molar refractivity (Wildman–Crippen MR) is 146 cm³/mol. The minimum absolute atomic E-state index is 0.0186. The third-order valence-corrected chi connectivity index (χ3v) is 8.99. The summed E-state index contributed by atoms with van der Waals surface area (Å²) >= 11 is 0. The molecule has 0 bridgehead atoms. The van der Waals surface area contributed by atoms with Gasteiger partial charge < -0.3 is 25.4 Å². The number of carbonyl (C=O) groups excluding carboxylic acids is 2. The molecule has 0 unspecified atom stereocenters. The minimum Gasteiger partial charge on any atom is -0.492 e. The van der Waals surface area contributed by atoms with Crippen molar-refractivity contribution in [3.8, 4) is 17.0 Å². The number of nitrogens with zero attached hydrogens (tertiary/aromatic N) is 3. The Balaban J connectivity index is 1.16. The molecule has 3 aliphatic rings. The highest BCUT2D eigenvalue weighted by Gasteiger charge is 2.49. The SMILES string of the molecule is CC1(CN2CCC(COc3ccc(-c4ccc(C(=O)N5C[C@H](O)C[C@@]5(C)C(N)=O)c(F)c4)nc3)CC2)CCC1. The van der Waals surface area contributed by atoms with E-state index in [-0.39, 0.29) is 18.5 Å². The average Bonchev–Trinajstić information content (AvgIpc) is 3.22. The molecule has 2 saturated heterocycles. The summed E-state index contributed by atoms with van der Waals surface area (Å²) in [5.41, 5.74) is 5.53. The standard InChI is InChI=1S/C30H39FN4O4/c1-29(10-3-11-29)19-34-12-8-20(9-13-34)18-39-23-5-7-26(33-16-23)21-4-6-24(25(31)14-21)27(37)35-17-22(36)15-30(35,2)28(32)38/h4-7,14,16,20,22,36H,3,8-13,15,17-19H2,1-2H3,(H2,32,38)/t22-,30+/m1/s1. The van der Waals surface area contributed by atoms with E-state index in [1.54, 1.807) is 18.3 Å². The second kappa shape index (κ2) is 10.8. The molecule has 3 heterocycles. The Hall–Kier alpha value is -3.04. The maximum atomic E-state index is 15.1. The zero-order valence-electron chi connectivity index (χ0n) is 22.9. The van der Waals surface area contributed by atoms with Crippen molar-refractivity contribution in [2.75, 3.05) is 32.8 Å². The highest BCUT2D eigenvalue weighted by Crippen LogP contribution is 2.41. The number of pyridine rings is 1. The summed E-state index contributed by atoms with van der Waals surface area (Å²) in [5, 5.41) is 10.0. The Labute approximate surface area is 229 Å². The first-order chi connectivity index (χ1) is 18.6. The molecule has 1 saturated carbocycles. The molecule has 2 aliphatic heterocycles. The number of aliphatic hydroxyl groups is 1. The number of β-amino-alcohol motifs (C(OH)–C–C–N with tert-alkyl or cyclic N) is 1. The van der Waals surface area contributed by atoms with Crippen LogP contribution < -0.4 is 10.5 Å². The molecule has 1 aromatic carbocycles. The maximum Gasteiger partial charge on any atom is 0.257 e. The number of hydrogen-bond donors (Lipinski definition) is 2. The van der Waals surface area contributed by atoms with Crippen LogP contribution in [0, 0.1) is 17.2 Å². The van der Waals surface area contributed by atoms with Crippen LogP contribution in [-0.2, 0) is 4.79 Å². The van der Waals surface area contributed by atoms with Gasteiger partial charge in [-0.25, -0.2) is 4.39 Å². The molecule has 2 amide bonds. The number of halogens is 1. The van der Waals surface area contributed by atoms with Crippen LogP contribution in [0.5, 0.6) is 5.75 Å². The summed E-state index contributed by atoms with van der Waals surface area (Å²) in [7, 11) is 0. The molecule has 2 aromatic rings. The van der Waals surface area contributed by atoms with Gasteiger partial charge in [0.2, 0.25) is 5.91 Å². The Bertz CT molecular complexity index is 1210. The quantitative estimate of drug-likeness (QED) is 0.532. The lowest BCUT2D eigenvalue weighted by Gasteiger charge is -2.44. The largest absolute Gasteiger partial charge is 0.492 e. The zero-order chi connectivity index (χ0) is 27.8. The molecule has 0 spiro atoms. The topological polar surface area (TPSA) is 109 Å². The number of aromatic nitrogens is 1. The van der Waals surface area contributed by atoms with E-state index >= 15 is 4.39 Å². The Morgan fingerprint density at radius 3 is 2.51 bits per heavy atom. The van der Waals surface area contributed by atoms with Gasteiger partial charge in [0.05, 0.1) is 30.2 Å². The van der Waals surface area contributed by atoms with E-state index in [1.165, 1.54) is 44.9 Å². The number of piperidine rings is 1. The molecule has 5 rings (SSSR count). The fourth-order valence-electron chi connectivity index (χ4n) is 6.22. The van der Waals surface area contributed by atoms with E-state index in [4.69, 9.17) is 10.5 Å². The van der Waals surface area contributed by atoms with Crippen LogP contribution in [0.15, 0.2) is 36.5 Å². The average molecular weight is 539 g/mol. The number of rotatable bonds is 8. The van der Waals surface area contributed by atoms with Gasteiger partial charge >= 0.3 is 0 Å². The third-order valence-electron chi connectivity index (χ3n) is 8.99. The van der Waals surface area contributed by atoms with Gasteiger partial charge in [0.25, 0.3) is 5.91 Å². The van der Waals surface area contributed by atoms with Gasteiger partial charge in [-0.2, -0.15) is 0 Å². The van der Waals surface area contributed by atoms with Crippen LogP contribution in [0.4, 0.5) is 4.39 Å². The highest BCUT2D eigenvalue weighted by molar-refractivity contribution is 5.99. The van der Waals surface area contributed by atoms with E-state index in [1.807, 2.05) is 6.07 Å². The molecule has 0 radical (unpaired) electrons. The maximum absolute atomic E-state index is 15.1. The zero-order valence-corrected chi connectivity index (χ0v) is 22.9. The van der Waals surface area contributed by atoms with Crippen LogP contribution in [0.3, 0.4) is 0 Å². The lowest BCUT2D eigenvalue weighted by atomic mass is 9.70. The number of nitrogens with two attached hydrogens (primary N) is 1. The van der Waals surface area contributed by atoms with Gasteiger partial charge in [-0.05, 0) is 81.3 Å². The van der Waals surface area contributed by atoms with Crippen molar-refractivity contribution in [2.45, 2.75) is 64.0 Å². The van der Waals surface area contributed by atoms with Crippen LogP contribution in [0.1, 0.15) is 62.7 Å². The van der Waals surface area contributed by atoms with E-state index in [9.17, 15) is 14.7 Å². The molecule has 1 aliphatic carbocycles. The monoisotopic (exact) mass is 538 g/mol. The second-order valence-corrected chi connectivity index (χ2v) is 12.2. The summed E-state index contributed by atoms with van der Waals surface area (Å²) in [5.74, 6) is -0.946. The van der Waals surface area contributed by atoms with Crippen molar-refractivity contribution in [2.24, 2.45) is 17.1 Å². The van der Waals surface area contributed by atoms with Crippen molar-refractivity contribution < 1.29 is 23.8 Å². The van der Waals surface area contributed by atoms with Gasteiger partial charge in [-0.3, -0.25) is 14.6 Å². The fourth-order valence-corrected chi connectivity index (χ4v) is 6.22. The van der Waals surface area contributed by atoms with Crippen molar-refractivity contribution in [3.05, 3.63) is 47.9 Å². The molecule has 3 N–H and O–H groups in total. The number of hydrogen-bond acceptors (Lipinski definition) is 6. The molecular formula is C30H39FN4O4. The summed E-state index contributed by atoms with van der Waals surface area (Å²) in [6.07, 6.45) is 7.13. The number of likely N-dealkylation sites (tertiary alicyclic amines) is 2. The summed E-state index contributed by atoms with van der Waals surface area (Å²) in [6.45, 7) is 7.95. The minimum atomic E-state index is -1.37. The first kappa shape index (κ1) is 27.5. The van der Waals surface area contributed by atoms with Gasteiger partial charge in [0.1, 0.15) is 17.1 Å². The number of benzene rings is 1. The molecule has 39 heavy (non-hydrogen) atoms. The Kier molecular flexibility index (Phi) is 7.66. The van der Waals surface area contributed by atoms with E-state index in [2.05, 4.69) is 16.8 Å². The van der Waals surface area contributed by atoms with Crippen LogP contribution in [-0.4, -0.2) is 76.1 Å². The van der Waals surface area contributed by atoms with Gasteiger partial charge in [-0.1, -0.05) is 19.4 Å². The number of ether oxygens (including phenoxy) is 1. The van der Waals surface area contributed by atoms with Crippen molar-refractivity contribution >= 4 is 11.8 Å². The number of carbonyl (C=O) groups is 2. The molecule has 9 heteroatoms. The molecule has 2 atom stereocenters. The van der Waals surface area contributed by atoms with Crippen LogP contribution in [0.25, 0.3) is 11.3 Å². The highest BCUT2D eigenvalue weighted by atomic mass is 19.1. The van der Waals surface area contributed by atoms with Crippen molar-refractivity contribution in [1.29, 1.82) is 0 Å². The lowest BCUT2D eigenvalue weighted by Crippen LogP contribution is -2.54. The normalized spacial score (nSPS) is 25.3. The van der Waals surface area contributed by atoms with Gasteiger partial charge in [0, 0.05) is 25.1 Å². The second-order valence-electron chi connectivity index (χ2n) is 12.2. The fraction of sp³-hybridized carbons (Fsp3) is 0.567. The summed E-state index contributed by atoms with van der Waals surface area (Å²) < 4.78 is 21.1. The number of aliphatic hydroxyl groups excluding tert-OH is 1. The first-order valence-corrected chi connectivity index (χ1v) is 14.0. The molecule has 1 aromatic heterocycles. The first-order valence-electron chi connectivity index (χ1n) is 14.0. The number of amides is 2. The molecule has 3 fully saturated rings. The summed E-state index contributed by atoms with van der Waals surface area (Å²) in [4.78, 5) is 33.2. The van der Waals surface area contributed by atoms with E-state index < -0.39 is 29.3 Å². The molecular weight excluding hydrogens is 499 g/mol. The lowest BCUT2D eigenvalue weighted by molar-refractivity contribution is -0.126. The van der Waals surface area contributed by atoms with Gasteiger partial charge in [0.15, 0.2) is 0 Å². The third kappa shape index (κ3) is 5.79. The van der Waals surface area contributed by atoms with Crippen molar-refractivity contribution in [3.63, 3.8) is 0 Å². The van der Waals surface area contributed by atoms with E-state index in [0.717, 1.165) is 30.8 Å². The summed E-state index contributed by atoms with van der Waals surface area (Å²) in [6, 6.07) is 7.85. The molecule has 210 valence electrons. The Morgan fingerprint density at radius 1 is 1.18 bits per heavy atom. The van der Waals surface area contributed by atoms with Crippen molar-refractivity contribution in [1.82, 2.24) is 14.8 Å². The van der Waals surface area contributed by atoms with Gasteiger partial charge in [-0.15, -0.1) is 0 Å². The van der Waals surface area contributed by atoms with E-state index in [0.29, 0.717) is 34.9 Å². The number of primary amides is 1. The molecule has 8 nitrogen and oxygen atoms in total. The van der Waals surface area contributed by atoms with Crippen LogP contribution in [0.2, 0.25) is 0 Å². The predicted octanol–water partition coefficient (Wildman–Crippen LogP) is 3.62. The smallest absolute Gasteiger partial charge is 0.257 e. The van der Waals surface area contributed by atoms with Crippen LogP contribution >= 0.6 is 0 Å². The Morgan fingerprint density at radius 2 is 1.92 bits per heavy atom.